The molecule has 1 fully saturated rings. The van der Waals surface area contributed by atoms with E-state index >= 15 is 0 Å². The van der Waals surface area contributed by atoms with Crippen LogP contribution in [0.3, 0.4) is 0 Å². The largest absolute Gasteiger partial charge is 0.380 e. The summed E-state index contributed by atoms with van der Waals surface area (Å²) in [7, 11) is -2.96. The van der Waals surface area contributed by atoms with Crippen molar-refractivity contribution in [3.05, 3.63) is 22.7 Å². The molecule has 1 saturated heterocycles. The standard InChI is InChI=1S/C13H15ClN2O3S/c14-10-6-11-8(5-13(17)16-11)4-12(10)15-9-2-1-3-20(18,19)7-9/h4,6,9,15H,1-3,5,7H2,(H,16,17). The quantitative estimate of drug-likeness (QED) is 0.873. The second-order valence-corrected chi connectivity index (χ2v) is 7.95. The SMILES string of the molecule is O=C1Cc2cc(NC3CCCS(=O)(=O)C3)c(Cl)cc2N1. The molecule has 0 aliphatic carbocycles. The van der Waals surface area contributed by atoms with E-state index in [2.05, 4.69) is 10.6 Å². The molecule has 0 spiro atoms. The Labute approximate surface area is 122 Å². The fourth-order valence-electron chi connectivity index (χ4n) is 2.72. The molecule has 2 N–H and O–H groups in total. The van der Waals surface area contributed by atoms with Crippen LogP contribution in [0, 0.1) is 0 Å². The van der Waals surface area contributed by atoms with Crippen LogP contribution in [-0.2, 0) is 21.1 Å². The highest BCUT2D eigenvalue weighted by Crippen LogP contribution is 2.33. The van der Waals surface area contributed by atoms with E-state index in [1.54, 1.807) is 6.07 Å². The van der Waals surface area contributed by atoms with Gasteiger partial charge in [0.2, 0.25) is 5.91 Å². The molecule has 5 nitrogen and oxygen atoms in total. The monoisotopic (exact) mass is 314 g/mol. The van der Waals surface area contributed by atoms with Gasteiger partial charge in [-0.2, -0.15) is 0 Å². The Balaban J connectivity index is 1.81. The molecule has 1 aromatic rings. The molecular formula is C13H15ClN2O3S. The Bertz CT molecular complexity index is 672. The van der Waals surface area contributed by atoms with E-state index in [0.29, 0.717) is 23.6 Å². The zero-order chi connectivity index (χ0) is 14.3. The van der Waals surface area contributed by atoms with Crippen LogP contribution in [0.15, 0.2) is 12.1 Å². The highest BCUT2D eigenvalue weighted by molar-refractivity contribution is 7.91. The molecule has 2 heterocycles. The van der Waals surface area contributed by atoms with E-state index in [9.17, 15) is 13.2 Å². The minimum Gasteiger partial charge on any atom is -0.380 e. The molecule has 1 atom stereocenters. The summed E-state index contributed by atoms with van der Waals surface area (Å²) in [6.45, 7) is 0. The number of fused-ring (bicyclic) bond motifs is 1. The maximum absolute atomic E-state index is 11.6. The van der Waals surface area contributed by atoms with Crippen molar-refractivity contribution in [3.63, 3.8) is 0 Å². The average Bonchev–Trinajstić information content (AvgIpc) is 2.67. The highest BCUT2D eigenvalue weighted by Gasteiger charge is 2.26. The van der Waals surface area contributed by atoms with Gasteiger partial charge in [-0.15, -0.1) is 0 Å². The fourth-order valence-corrected chi connectivity index (χ4v) is 4.57. The van der Waals surface area contributed by atoms with E-state index in [1.807, 2.05) is 6.07 Å². The number of amides is 1. The molecule has 20 heavy (non-hydrogen) atoms. The first kappa shape index (κ1) is 13.7. The maximum atomic E-state index is 11.6. The summed E-state index contributed by atoms with van der Waals surface area (Å²) in [5, 5.41) is 6.43. The van der Waals surface area contributed by atoms with Gasteiger partial charge in [0.25, 0.3) is 0 Å². The molecular weight excluding hydrogens is 300 g/mol. The normalized spacial score (nSPS) is 24.1. The van der Waals surface area contributed by atoms with Crippen molar-refractivity contribution < 1.29 is 13.2 Å². The number of sulfone groups is 1. The lowest BCUT2D eigenvalue weighted by Crippen LogP contribution is -2.34. The van der Waals surface area contributed by atoms with Gasteiger partial charge in [0.1, 0.15) is 0 Å². The van der Waals surface area contributed by atoms with Crippen LogP contribution in [0.2, 0.25) is 5.02 Å². The first-order valence-electron chi connectivity index (χ1n) is 6.52. The average molecular weight is 315 g/mol. The second kappa shape index (κ2) is 4.93. The molecule has 0 radical (unpaired) electrons. The summed E-state index contributed by atoms with van der Waals surface area (Å²) in [6, 6.07) is 3.42. The molecule has 2 aliphatic rings. The molecule has 1 unspecified atom stereocenters. The van der Waals surface area contributed by atoms with Gasteiger partial charge in [-0.1, -0.05) is 11.6 Å². The zero-order valence-corrected chi connectivity index (χ0v) is 12.4. The summed E-state index contributed by atoms with van der Waals surface area (Å²) in [6.07, 6.45) is 1.82. The fraction of sp³-hybridized carbons (Fsp3) is 0.462. The van der Waals surface area contributed by atoms with Crippen LogP contribution in [0.5, 0.6) is 0 Å². The molecule has 2 aliphatic heterocycles. The van der Waals surface area contributed by atoms with Crippen LogP contribution in [0.25, 0.3) is 0 Å². The molecule has 0 bridgehead atoms. The van der Waals surface area contributed by atoms with Gasteiger partial charge in [0, 0.05) is 11.7 Å². The topological polar surface area (TPSA) is 75.3 Å². The van der Waals surface area contributed by atoms with Gasteiger partial charge in [0.15, 0.2) is 9.84 Å². The number of hydrogen-bond acceptors (Lipinski definition) is 4. The molecule has 1 aromatic carbocycles. The van der Waals surface area contributed by atoms with Gasteiger partial charge >= 0.3 is 0 Å². The number of anilines is 2. The van der Waals surface area contributed by atoms with E-state index in [1.165, 1.54) is 0 Å². The number of benzene rings is 1. The van der Waals surface area contributed by atoms with Crippen LogP contribution in [0.4, 0.5) is 11.4 Å². The number of carbonyl (C=O) groups excluding carboxylic acids is 1. The molecule has 0 aromatic heterocycles. The zero-order valence-electron chi connectivity index (χ0n) is 10.8. The maximum Gasteiger partial charge on any atom is 0.228 e. The van der Waals surface area contributed by atoms with Crippen LogP contribution in [-0.4, -0.2) is 31.9 Å². The van der Waals surface area contributed by atoms with Crippen LogP contribution < -0.4 is 10.6 Å². The number of hydrogen-bond donors (Lipinski definition) is 2. The van der Waals surface area contributed by atoms with Crippen molar-refractivity contribution in [2.45, 2.75) is 25.3 Å². The summed E-state index contributed by atoms with van der Waals surface area (Å²) in [5.41, 5.74) is 2.33. The Morgan fingerprint density at radius 3 is 2.90 bits per heavy atom. The minimum atomic E-state index is -2.96. The van der Waals surface area contributed by atoms with Crippen molar-refractivity contribution >= 4 is 38.7 Å². The van der Waals surface area contributed by atoms with Crippen molar-refractivity contribution in [2.24, 2.45) is 0 Å². The summed E-state index contributed by atoms with van der Waals surface area (Å²) < 4.78 is 23.3. The number of halogens is 1. The Morgan fingerprint density at radius 1 is 1.35 bits per heavy atom. The van der Waals surface area contributed by atoms with Crippen molar-refractivity contribution in [1.82, 2.24) is 0 Å². The lowest BCUT2D eigenvalue weighted by Gasteiger charge is -2.24. The molecule has 1 amide bonds. The summed E-state index contributed by atoms with van der Waals surface area (Å²) in [5.74, 6) is 0.354. The van der Waals surface area contributed by atoms with E-state index in [-0.39, 0.29) is 23.5 Å². The van der Waals surface area contributed by atoms with Crippen LogP contribution in [0.1, 0.15) is 18.4 Å². The first-order chi connectivity index (χ1) is 9.43. The predicted octanol–water partition coefficient (Wildman–Crippen LogP) is 1.82. The van der Waals surface area contributed by atoms with Crippen molar-refractivity contribution in [2.75, 3.05) is 22.1 Å². The van der Waals surface area contributed by atoms with Gasteiger partial charge in [-0.25, -0.2) is 8.42 Å². The van der Waals surface area contributed by atoms with E-state index in [4.69, 9.17) is 11.6 Å². The number of carbonyl (C=O) groups is 1. The minimum absolute atomic E-state index is 0.0477. The van der Waals surface area contributed by atoms with Gasteiger partial charge in [-0.05, 0) is 30.5 Å². The Morgan fingerprint density at radius 2 is 2.15 bits per heavy atom. The molecule has 7 heteroatoms. The van der Waals surface area contributed by atoms with E-state index in [0.717, 1.165) is 17.7 Å². The lowest BCUT2D eigenvalue weighted by molar-refractivity contribution is -0.115. The highest BCUT2D eigenvalue weighted by atomic mass is 35.5. The molecule has 108 valence electrons. The van der Waals surface area contributed by atoms with E-state index < -0.39 is 9.84 Å². The van der Waals surface area contributed by atoms with Gasteiger partial charge in [0.05, 0.1) is 28.6 Å². The van der Waals surface area contributed by atoms with Crippen molar-refractivity contribution in [3.8, 4) is 0 Å². The smallest absolute Gasteiger partial charge is 0.228 e. The van der Waals surface area contributed by atoms with Crippen molar-refractivity contribution in [1.29, 1.82) is 0 Å². The van der Waals surface area contributed by atoms with Gasteiger partial charge in [-0.3, -0.25) is 4.79 Å². The predicted molar refractivity (Wildman–Crippen MR) is 79.1 cm³/mol. The van der Waals surface area contributed by atoms with Crippen LogP contribution >= 0.6 is 11.6 Å². The Kier molecular flexibility index (Phi) is 3.38. The third kappa shape index (κ3) is 2.76. The lowest BCUT2D eigenvalue weighted by atomic mass is 10.1. The second-order valence-electron chi connectivity index (χ2n) is 5.31. The first-order valence-corrected chi connectivity index (χ1v) is 8.72. The summed E-state index contributed by atoms with van der Waals surface area (Å²) >= 11 is 6.18. The molecule has 3 rings (SSSR count). The number of rotatable bonds is 2. The van der Waals surface area contributed by atoms with Gasteiger partial charge < -0.3 is 10.6 Å². The summed E-state index contributed by atoms with van der Waals surface area (Å²) in [4.78, 5) is 11.3. The Hall–Kier alpha value is -1.27. The third-order valence-electron chi connectivity index (χ3n) is 3.64. The third-order valence-corrected chi connectivity index (χ3v) is 5.77. The molecule has 0 saturated carbocycles. The number of nitrogens with one attached hydrogen (secondary N) is 2.